The minimum atomic E-state index is -0.395. The van der Waals surface area contributed by atoms with Crippen LogP contribution in [0.15, 0.2) is 0 Å². The number of nitrogens with two attached hydrogens (primary N) is 1. The van der Waals surface area contributed by atoms with Crippen molar-refractivity contribution in [1.82, 2.24) is 4.90 Å². The van der Waals surface area contributed by atoms with Crippen molar-refractivity contribution in [2.24, 2.45) is 11.7 Å². The quantitative estimate of drug-likeness (QED) is 0.781. The molecule has 0 aromatic rings. The fourth-order valence-corrected chi connectivity index (χ4v) is 1.89. The molecule has 1 aliphatic heterocycles. The number of rotatable bonds is 4. The molecule has 0 saturated carbocycles. The minimum Gasteiger partial charge on any atom is -0.376 e. The number of amides is 1. The molecule has 1 rings (SSSR count). The maximum absolute atomic E-state index is 11.9. The second-order valence-electron chi connectivity index (χ2n) is 4.98. The van der Waals surface area contributed by atoms with E-state index in [1.165, 1.54) is 6.42 Å². The molecule has 2 atom stereocenters. The van der Waals surface area contributed by atoms with Crippen LogP contribution >= 0.6 is 0 Å². The van der Waals surface area contributed by atoms with Crippen LogP contribution in [0.1, 0.15) is 33.1 Å². The molecule has 2 unspecified atom stereocenters. The number of carbonyl (C=O) groups is 1. The molecular weight excluding hydrogens is 204 g/mol. The first-order valence-corrected chi connectivity index (χ1v) is 6.14. The van der Waals surface area contributed by atoms with Crippen LogP contribution in [0.3, 0.4) is 0 Å². The van der Waals surface area contributed by atoms with E-state index in [0.29, 0.717) is 6.54 Å². The van der Waals surface area contributed by atoms with Crippen molar-refractivity contribution in [3.63, 3.8) is 0 Å². The Balaban J connectivity index is 2.38. The fraction of sp³-hybridized carbons (Fsp3) is 0.917. The molecule has 16 heavy (non-hydrogen) atoms. The van der Waals surface area contributed by atoms with Gasteiger partial charge in [0.25, 0.3) is 0 Å². The third-order valence-corrected chi connectivity index (χ3v) is 3.13. The number of likely N-dealkylation sites (N-methyl/N-ethyl adjacent to an activating group) is 1. The average molecular weight is 228 g/mol. The van der Waals surface area contributed by atoms with E-state index in [-0.39, 0.29) is 17.9 Å². The topological polar surface area (TPSA) is 55.6 Å². The van der Waals surface area contributed by atoms with Gasteiger partial charge in [-0.1, -0.05) is 13.8 Å². The van der Waals surface area contributed by atoms with Gasteiger partial charge in [0.05, 0.1) is 12.1 Å². The highest BCUT2D eigenvalue weighted by Crippen LogP contribution is 2.14. The van der Waals surface area contributed by atoms with Gasteiger partial charge in [-0.25, -0.2) is 0 Å². The fourth-order valence-electron chi connectivity index (χ4n) is 1.89. The molecule has 1 amide bonds. The molecular formula is C12H24N2O2. The molecule has 1 heterocycles. The zero-order valence-electron chi connectivity index (χ0n) is 10.6. The highest BCUT2D eigenvalue weighted by atomic mass is 16.5. The Labute approximate surface area is 98.1 Å². The molecule has 0 bridgehead atoms. The summed E-state index contributed by atoms with van der Waals surface area (Å²) in [6, 6.07) is -0.395. The molecule has 1 fully saturated rings. The maximum atomic E-state index is 11.9. The average Bonchev–Trinajstić information content (AvgIpc) is 2.28. The lowest BCUT2D eigenvalue weighted by atomic mass is 10.0. The van der Waals surface area contributed by atoms with Crippen molar-refractivity contribution in [3.8, 4) is 0 Å². The summed E-state index contributed by atoms with van der Waals surface area (Å²) < 4.78 is 5.60. The summed E-state index contributed by atoms with van der Waals surface area (Å²) in [5.41, 5.74) is 5.83. The summed E-state index contributed by atoms with van der Waals surface area (Å²) in [6.07, 6.45) is 3.58. The first-order valence-electron chi connectivity index (χ1n) is 6.14. The van der Waals surface area contributed by atoms with Crippen molar-refractivity contribution in [3.05, 3.63) is 0 Å². The molecule has 1 aliphatic rings. The molecule has 0 aromatic carbocycles. The van der Waals surface area contributed by atoms with Crippen LogP contribution < -0.4 is 5.73 Å². The normalized spacial score (nSPS) is 23.2. The van der Waals surface area contributed by atoms with Gasteiger partial charge in [0, 0.05) is 20.2 Å². The van der Waals surface area contributed by atoms with E-state index in [9.17, 15) is 4.79 Å². The molecule has 0 radical (unpaired) electrons. The maximum Gasteiger partial charge on any atom is 0.239 e. The molecule has 0 aliphatic carbocycles. The lowest BCUT2D eigenvalue weighted by Gasteiger charge is -2.29. The molecule has 0 spiro atoms. The Morgan fingerprint density at radius 1 is 1.50 bits per heavy atom. The van der Waals surface area contributed by atoms with Crippen LogP contribution in [0.4, 0.5) is 0 Å². The van der Waals surface area contributed by atoms with E-state index in [4.69, 9.17) is 10.5 Å². The van der Waals surface area contributed by atoms with Crippen molar-refractivity contribution in [2.45, 2.75) is 45.3 Å². The summed E-state index contributed by atoms with van der Waals surface area (Å²) in [4.78, 5) is 13.6. The third kappa shape index (κ3) is 3.76. The van der Waals surface area contributed by atoms with Gasteiger partial charge in [-0.05, 0) is 25.2 Å². The van der Waals surface area contributed by atoms with E-state index in [1.807, 2.05) is 20.9 Å². The molecule has 4 heteroatoms. The van der Waals surface area contributed by atoms with Crippen LogP contribution in [-0.4, -0.2) is 43.2 Å². The largest absolute Gasteiger partial charge is 0.376 e. The number of ether oxygens (including phenoxy) is 1. The van der Waals surface area contributed by atoms with Crippen LogP contribution in [0.25, 0.3) is 0 Å². The Morgan fingerprint density at radius 3 is 2.69 bits per heavy atom. The second-order valence-corrected chi connectivity index (χ2v) is 4.98. The monoisotopic (exact) mass is 228 g/mol. The van der Waals surface area contributed by atoms with Gasteiger partial charge < -0.3 is 15.4 Å². The van der Waals surface area contributed by atoms with Crippen LogP contribution in [0, 0.1) is 5.92 Å². The van der Waals surface area contributed by atoms with Crippen molar-refractivity contribution in [2.75, 3.05) is 20.2 Å². The summed E-state index contributed by atoms with van der Waals surface area (Å²) in [5.74, 6) is 0.200. The Hall–Kier alpha value is -0.610. The Bertz CT molecular complexity index is 225. The first kappa shape index (κ1) is 13.5. The summed E-state index contributed by atoms with van der Waals surface area (Å²) >= 11 is 0. The number of carbonyl (C=O) groups excluding carboxylic acids is 1. The summed E-state index contributed by atoms with van der Waals surface area (Å²) in [6.45, 7) is 5.42. The minimum absolute atomic E-state index is 0.0178. The van der Waals surface area contributed by atoms with E-state index in [2.05, 4.69) is 0 Å². The van der Waals surface area contributed by atoms with Crippen LogP contribution in [-0.2, 0) is 9.53 Å². The zero-order valence-corrected chi connectivity index (χ0v) is 10.6. The van der Waals surface area contributed by atoms with E-state index in [0.717, 1.165) is 19.4 Å². The highest BCUT2D eigenvalue weighted by molar-refractivity contribution is 5.81. The standard InChI is InChI=1S/C12H24N2O2/c1-9(2)11(13)12(15)14(3)8-10-6-4-5-7-16-10/h9-11H,4-8,13H2,1-3H3. The molecule has 0 aromatic heterocycles. The first-order chi connectivity index (χ1) is 7.52. The van der Waals surface area contributed by atoms with Crippen molar-refractivity contribution < 1.29 is 9.53 Å². The molecule has 4 nitrogen and oxygen atoms in total. The smallest absolute Gasteiger partial charge is 0.239 e. The lowest BCUT2D eigenvalue weighted by molar-refractivity contribution is -0.134. The predicted octanol–water partition coefficient (Wildman–Crippen LogP) is 0.997. The molecule has 94 valence electrons. The van der Waals surface area contributed by atoms with Crippen molar-refractivity contribution in [1.29, 1.82) is 0 Å². The van der Waals surface area contributed by atoms with Gasteiger partial charge in [-0.3, -0.25) is 4.79 Å². The number of hydrogen-bond acceptors (Lipinski definition) is 3. The predicted molar refractivity (Wildman–Crippen MR) is 64.0 cm³/mol. The second kappa shape index (κ2) is 6.21. The van der Waals surface area contributed by atoms with Gasteiger partial charge in [-0.2, -0.15) is 0 Å². The Morgan fingerprint density at radius 2 is 2.19 bits per heavy atom. The Kier molecular flexibility index (Phi) is 5.22. The van der Waals surface area contributed by atoms with E-state index < -0.39 is 6.04 Å². The van der Waals surface area contributed by atoms with Crippen LogP contribution in [0.2, 0.25) is 0 Å². The van der Waals surface area contributed by atoms with Gasteiger partial charge in [0.2, 0.25) is 5.91 Å². The molecule has 2 N–H and O–H groups in total. The lowest BCUT2D eigenvalue weighted by Crippen LogP contribution is -2.47. The SMILES string of the molecule is CC(C)C(N)C(=O)N(C)CC1CCCCO1. The van der Waals surface area contributed by atoms with E-state index in [1.54, 1.807) is 4.90 Å². The number of hydrogen-bond donors (Lipinski definition) is 1. The summed E-state index contributed by atoms with van der Waals surface area (Å²) in [7, 11) is 1.81. The van der Waals surface area contributed by atoms with E-state index >= 15 is 0 Å². The van der Waals surface area contributed by atoms with Gasteiger partial charge >= 0.3 is 0 Å². The van der Waals surface area contributed by atoms with Crippen molar-refractivity contribution >= 4 is 5.91 Å². The van der Waals surface area contributed by atoms with Gasteiger partial charge in [-0.15, -0.1) is 0 Å². The highest BCUT2D eigenvalue weighted by Gasteiger charge is 2.24. The van der Waals surface area contributed by atoms with Gasteiger partial charge in [0.1, 0.15) is 0 Å². The van der Waals surface area contributed by atoms with Gasteiger partial charge in [0.15, 0.2) is 0 Å². The third-order valence-electron chi connectivity index (χ3n) is 3.13. The molecule has 1 saturated heterocycles. The number of nitrogens with zero attached hydrogens (tertiary/aromatic N) is 1. The summed E-state index contributed by atoms with van der Waals surface area (Å²) in [5, 5.41) is 0. The van der Waals surface area contributed by atoms with Crippen LogP contribution in [0.5, 0.6) is 0 Å². The zero-order chi connectivity index (χ0) is 12.1.